The van der Waals surface area contributed by atoms with Gasteiger partial charge in [-0.25, -0.2) is 0 Å². The highest BCUT2D eigenvalue weighted by molar-refractivity contribution is 6.30. The minimum atomic E-state index is 0.564. The monoisotopic (exact) mass is 296 g/mol. The van der Waals surface area contributed by atoms with Crippen molar-refractivity contribution in [3.8, 4) is 23.0 Å². The van der Waals surface area contributed by atoms with Crippen LogP contribution in [0.1, 0.15) is 0 Å². The van der Waals surface area contributed by atoms with Gasteiger partial charge in [0.15, 0.2) is 0 Å². The molecule has 0 amide bonds. The normalized spacial score (nSPS) is 10.1. The van der Waals surface area contributed by atoms with E-state index in [-0.39, 0.29) is 0 Å². The summed E-state index contributed by atoms with van der Waals surface area (Å²) in [6.45, 7) is 0. The van der Waals surface area contributed by atoms with Crippen LogP contribution in [0.2, 0.25) is 5.02 Å². The van der Waals surface area contributed by atoms with Crippen molar-refractivity contribution in [3.05, 3.63) is 83.9 Å². The van der Waals surface area contributed by atoms with Gasteiger partial charge < -0.3 is 9.47 Å². The molecule has 0 saturated heterocycles. The van der Waals surface area contributed by atoms with Crippen LogP contribution in [0.5, 0.6) is 23.0 Å². The Balaban J connectivity index is 1.83. The summed E-state index contributed by atoms with van der Waals surface area (Å²) in [5.74, 6) is 2.79. The zero-order valence-corrected chi connectivity index (χ0v) is 12.0. The predicted molar refractivity (Wildman–Crippen MR) is 84.5 cm³/mol. The van der Waals surface area contributed by atoms with Crippen LogP contribution < -0.4 is 9.47 Å². The van der Waals surface area contributed by atoms with Crippen LogP contribution in [0.4, 0.5) is 0 Å². The van der Waals surface area contributed by atoms with Gasteiger partial charge >= 0.3 is 0 Å². The molecule has 3 rings (SSSR count). The first-order valence-electron chi connectivity index (χ1n) is 6.56. The van der Waals surface area contributed by atoms with Gasteiger partial charge in [-0.2, -0.15) is 0 Å². The number of benzene rings is 3. The molecule has 3 aromatic rings. The number of hydrogen-bond acceptors (Lipinski definition) is 2. The van der Waals surface area contributed by atoms with E-state index in [1.54, 1.807) is 12.1 Å². The Bertz CT molecular complexity index is 652. The van der Waals surface area contributed by atoms with Crippen LogP contribution >= 0.6 is 11.6 Å². The highest BCUT2D eigenvalue weighted by Gasteiger charge is 2.04. The molecule has 21 heavy (non-hydrogen) atoms. The molecule has 0 aliphatic rings. The van der Waals surface area contributed by atoms with Crippen molar-refractivity contribution in [1.29, 1.82) is 0 Å². The van der Waals surface area contributed by atoms with E-state index in [4.69, 9.17) is 21.1 Å². The fraction of sp³-hybridized carbons (Fsp3) is 0. The minimum absolute atomic E-state index is 0.564. The molecule has 0 N–H and O–H groups in total. The lowest BCUT2D eigenvalue weighted by Crippen LogP contribution is -1.87. The topological polar surface area (TPSA) is 18.5 Å². The lowest BCUT2D eigenvalue weighted by molar-refractivity contribution is 0.460. The van der Waals surface area contributed by atoms with Crippen LogP contribution in [0, 0.1) is 0 Å². The number of para-hydroxylation sites is 2. The smallest absolute Gasteiger partial charge is 0.132 e. The number of hydrogen-bond donors (Lipinski definition) is 0. The second-order valence-electron chi connectivity index (χ2n) is 4.45. The predicted octanol–water partition coefficient (Wildman–Crippen LogP) is 5.92. The second kappa shape index (κ2) is 6.33. The molecule has 0 spiro atoms. The van der Waals surface area contributed by atoms with E-state index in [0.717, 1.165) is 11.5 Å². The molecule has 0 aliphatic heterocycles. The van der Waals surface area contributed by atoms with Crippen molar-refractivity contribution >= 4 is 11.6 Å². The molecule has 2 nitrogen and oxygen atoms in total. The van der Waals surface area contributed by atoms with E-state index in [0.29, 0.717) is 16.5 Å². The van der Waals surface area contributed by atoms with Gasteiger partial charge in [-0.05, 0) is 36.4 Å². The van der Waals surface area contributed by atoms with Gasteiger partial charge in [0, 0.05) is 11.1 Å². The zero-order valence-electron chi connectivity index (χ0n) is 11.2. The summed E-state index contributed by atoms with van der Waals surface area (Å²) in [6.07, 6.45) is 0. The van der Waals surface area contributed by atoms with Crippen molar-refractivity contribution < 1.29 is 9.47 Å². The van der Waals surface area contributed by atoms with Crippen LogP contribution in [0.3, 0.4) is 0 Å². The molecule has 0 aliphatic carbocycles. The Morgan fingerprint density at radius 1 is 0.524 bits per heavy atom. The van der Waals surface area contributed by atoms with Crippen molar-refractivity contribution in [2.75, 3.05) is 0 Å². The third-order valence-corrected chi connectivity index (χ3v) is 3.02. The van der Waals surface area contributed by atoms with Crippen LogP contribution in [0.25, 0.3) is 0 Å². The van der Waals surface area contributed by atoms with Gasteiger partial charge in [0.2, 0.25) is 0 Å². The van der Waals surface area contributed by atoms with Gasteiger partial charge in [-0.3, -0.25) is 0 Å². The molecule has 104 valence electrons. The van der Waals surface area contributed by atoms with Crippen molar-refractivity contribution in [1.82, 2.24) is 0 Å². The van der Waals surface area contributed by atoms with Crippen LogP contribution in [0.15, 0.2) is 78.9 Å². The fourth-order valence-corrected chi connectivity index (χ4v) is 2.12. The molecule has 3 aromatic carbocycles. The molecular formula is C18H13ClO2. The van der Waals surface area contributed by atoms with E-state index in [9.17, 15) is 0 Å². The highest BCUT2D eigenvalue weighted by atomic mass is 35.5. The summed E-state index contributed by atoms with van der Waals surface area (Å²) in [6, 6.07) is 24.4. The lowest BCUT2D eigenvalue weighted by atomic mass is 10.3. The van der Waals surface area contributed by atoms with E-state index in [1.807, 2.05) is 66.7 Å². The zero-order chi connectivity index (χ0) is 14.5. The van der Waals surface area contributed by atoms with Crippen molar-refractivity contribution in [2.45, 2.75) is 0 Å². The van der Waals surface area contributed by atoms with Gasteiger partial charge in [0.05, 0.1) is 0 Å². The maximum atomic E-state index is 6.12. The number of ether oxygens (including phenoxy) is 2. The number of halogens is 1. The summed E-state index contributed by atoms with van der Waals surface area (Å²) in [5, 5.41) is 0.564. The minimum Gasteiger partial charge on any atom is -0.457 e. The fourth-order valence-electron chi connectivity index (χ4n) is 1.90. The largest absolute Gasteiger partial charge is 0.457 e. The second-order valence-corrected chi connectivity index (χ2v) is 4.89. The van der Waals surface area contributed by atoms with Gasteiger partial charge in [-0.15, -0.1) is 0 Å². The summed E-state index contributed by atoms with van der Waals surface area (Å²) in [7, 11) is 0. The van der Waals surface area contributed by atoms with Gasteiger partial charge in [-0.1, -0.05) is 48.0 Å². The molecule has 0 unspecified atom stereocenters. The molecule has 0 atom stereocenters. The average molecular weight is 297 g/mol. The Morgan fingerprint density at radius 2 is 0.952 bits per heavy atom. The Kier molecular flexibility index (Phi) is 4.08. The van der Waals surface area contributed by atoms with E-state index >= 15 is 0 Å². The van der Waals surface area contributed by atoms with E-state index < -0.39 is 0 Å². The molecule has 0 aromatic heterocycles. The van der Waals surface area contributed by atoms with E-state index in [1.165, 1.54) is 0 Å². The molecule has 3 heteroatoms. The first-order chi connectivity index (χ1) is 10.3. The third-order valence-electron chi connectivity index (χ3n) is 2.80. The van der Waals surface area contributed by atoms with Crippen LogP contribution in [-0.4, -0.2) is 0 Å². The molecule has 0 saturated carbocycles. The first kappa shape index (κ1) is 13.5. The Labute approximate surface area is 128 Å². The molecule has 0 radical (unpaired) electrons. The van der Waals surface area contributed by atoms with E-state index in [2.05, 4.69) is 0 Å². The molecule has 0 fully saturated rings. The first-order valence-corrected chi connectivity index (χ1v) is 6.94. The van der Waals surface area contributed by atoms with Crippen molar-refractivity contribution in [3.63, 3.8) is 0 Å². The summed E-state index contributed by atoms with van der Waals surface area (Å²) in [4.78, 5) is 0. The summed E-state index contributed by atoms with van der Waals surface area (Å²) < 4.78 is 11.5. The Morgan fingerprint density at radius 3 is 1.38 bits per heavy atom. The van der Waals surface area contributed by atoms with Crippen LogP contribution in [-0.2, 0) is 0 Å². The highest BCUT2D eigenvalue weighted by Crippen LogP contribution is 2.31. The molecular weight excluding hydrogens is 284 g/mol. The average Bonchev–Trinajstić information content (AvgIpc) is 2.48. The lowest BCUT2D eigenvalue weighted by Gasteiger charge is -2.10. The molecule has 0 bridgehead atoms. The maximum absolute atomic E-state index is 6.12. The summed E-state index contributed by atoms with van der Waals surface area (Å²) in [5.41, 5.74) is 0. The Hall–Kier alpha value is -2.45. The van der Waals surface area contributed by atoms with Crippen molar-refractivity contribution in [2.24, 2.45) is 0 Å². The molecule has 0 heterocycles. The van der Waals surface area contributed by atoms with Gasteiger partial charge in [0.1, 0.15) is 23.0 Å². The SMILES string of the molecule is Clc1cc(Oc2ccccc2)cc(Oc2ccccc2)c1. The third kappa shape index (κ3) is 3.77. The quantitative estimate of drug-likeness (QED) is 0.594. The number of rotatable bonds is 4. The van der Waals surface area contributed by atoms with Gasteiger partial charge in [0.25, 0.3) is 0 Å². The summed E-state index contributed by atoms with van der Waals surface area (Å²) >= 11 is 6.12. The standard InChI is InChI=1S/C18H13ClO2/c19-14-11-17(20-15-7-3-1-4-8-15)13-18(12-14)21-16-9-5-2-6-10-16/h1-13H. The maximum Gasteiger partial charge on any atom is 0.132 e.